The number of ether oxygens (including phenoxy) is 1. The van der Waals surface area contributed by atoms with Crippen LogP contribution in [0, 0.1) is 0 Å². The largest absolute Gasteiger partial charge is 0.408 e. The Bertz CT molecular complexity index is 133. The van der Waals surface area contributed by atoms with Gasteiger partial charge in [0.1, 0.15) is 0 Å². The van der Waals surface area contributed by atoms with Crippen molar-refractivity contribution in [3.63, 3.8) is 0 Å². The molecule has 0 aromatic carbocycles. The van der Waals surface area contributed by atoms with E-state index in [1.54, 1.807) is 6.92 Å². The number of hydrogen-bond acceptors (Lipinski definition) is 4. The van der Waals surface area contributed by atoms with Crippen molar-refractivity contribution in [3.05, 3.63) is 0 Å². The zero-order valence-electron chi connectivity index (χ0n) is 7.27. The lowest BCUT2D eigenvalue weighted by Crippen LogP contribution is -2.15. The highest BCUT2D eigenvalue weighted by Crippen LogP contribution is 2.52. The standard InChI is InChI=1S/C7H16O4P/c1-2-11-12(8,9)6-7-4-3-5-10-7/h7-9H,2-6H2,1H3/q+1. The van der Waals surface area contributed by atoms with Crippen molar-refractivity contribution in [1.82, 2.24) is 0 Å². The van der Waals surface area contributed by atoms with Gasteiger partial charge in [0.15, 0.2) is 6.16 Å². The second-order valence-corrected chi connectivity index (χ2v) is 4.85. The topological polar surface area (TPSA) is 58.9 Å². The summed E-state index contributed by atoms with van der Waals surface area (Å²) in [4.78, 5) is 18.7. The highest BCUT2D eigenvalue weighted by atomic mass is 31.2. The molecule has 0 saturated carbocycles. The van der Waals surface area contributed by atoms with Crippen molar-refractivity contribution in [3.8, 4) is 0 Å². The van der Waals surface area contributed by atoms with E-state index in [1.807, 2.05) is 0 Å². The maximum absolute atomic E-state index is 9.34. The zero-order chi connectivity index (χ0) is 9.03. The van der Waals surface area contributed by atoms with Gasteiger partial charge in [-0.2, -0.15) is 14.3 Å². The van der Waals surface area contributed by atoms with Crippen molar-refractivity contribution < 1.29 is 19.0 Å². The molecule has 72 valence electrons. The summed E-state index contributed by atoms with van der Waals surface area (Å²) >= 11 is 0. The number of hydrogen-bond donors (Lipinski definition) is 2. The molecule has 1 fully saturated rings. The van der Waals surface area contributed by atoms with Crippen molar-refractivity contribution in [2.75, 3.05) is 19.4 Å². The highest BCUT2D eigenvalue weighted by Gasteiger charge is 2.40. The van der Waals surface area contributed by atoms with Gasteiger partial charge in [-0.25, -0.2) is 0 Å². The van der Waals surface area contributed by atoms with Gasteiger partial charge < -0.3 is 4.74 Å². The van der Waals surface area contributed by atoms with Crippen molar-refractivity contribution in [1.29, 1.82) is 0 Å². The van der Waals surface area contributed by atoms with Crippen LogP contribution in [0.2, 0.25) is 0 Å². The zero-order valence-corrected chi connectivity index (χ0v) is 8.17. The molecule has 1 saturated heterocycles. The van der Waals surface area contributed by atoms with Crippen molar-refractivity contribution in [2.45, 2.75) is 25.9 Å². The maximum Gasteiger partial charge on any atom is 0.408 e. The summed E-state index contributed by atoms with van der Waals surface area (Å²) in [7, 11) is -3.12. The molecule has 5 heteroatoms. The van der Waals surface area contributed by atoms with Crippen LogP contribution in [0.1, 0.15) is 19.8 Å². The Morgan fingerprint density at radius 1 is 1.58 bits per heavy atom. The SMILES string of the molecule is CCO[P+](O)(O)CC1CCCO1. The third-order valence-electron chi connectivity index (χ3n) is 1.80. The van der Waals surface area contributed by atoms with Crippen LogP contribution in [0.15, 0.2) is 0 Å². The molecule has 0 aromatic rings. The average molecular weight is 195 g/mol. The fourth-order valence-electron chi connectivity index (χ4n) is 1.31. The summed E-state index contributed by atoms with van der Waals surface area (Å²) in [6, 6.07) is 0. The summed E-state index contributed by atoms with van der Waals surface area (Å²) in [6.07, 6.45) is 2.16. The Hall–Kier alpha value is 0.270. The van der Waals surface area contributed by atoms with Gasteiger partial charge in [0.2, 0.25) is 0 Å². The summed E-state index contributed by atoms with van der Waals surface area (Å²) < 4.78 is 10.1. The van der Waals surface area contributed by atoms with Gasteiger partial charge in [-0.05, 0) is 19.8 Å². The molecular weight excluding hydrogens is 179 g/mol. The van der Waals surface area contributed by atoms with Gasteiger partial charge in [0.05, 0.1) is 12.7 Å². The van der Waals surface area contributed by atoms with Crippen LogP contribution >= 0.6 is 7.94 Å². The minimum Gasteiger partial charge on any atom is -0.374 e. The lowest BCUT2D eigenvalue weighted by Gasteiger charge is -2.13. The van der Waals surface area contributed by atoms with Gasteiger partial charge in [-0.3, -0.25) is 0 Å². The normalized spacial score (nSPS) is 24.8. The first-order valence-corrected chi connectivity index (χ1v) is 6.03. The van der Waals surface area contributed by atoms with Crippen LogP contribution in [0.3, 0.4) is 0 Å². The quantitative estimate of drug-likeness (QED) is 0.655. The molecule has 1 rings (SSSR count). The first kappa shape index (κ1) is 10.4. The summed E-state index contributed by atoms with van der Waals surface area (Å²) in [5.41, 5.74) is 0. The molecule has 1 aliphatic heterocycles. The van der Waals surface area contributed by atoms with Crippen molar-refractivity contribution >= 4 is 7.94 Å². The van der Waals surface area contributed by atoms with Gasteiger partial charge in [-0.1, -0.05) is 0 Å². The van der Waals surface area contributed by atoms with E-state index in [9.17, 15) is 9.79 Å². The van der Waals surface area contributed by atoms with Gasteiger partial charge in [0.25, 0.3) is 0 Å². The first-order valence-electron chi connectivity index (χ1n) is 4.24. The van der Waals surface area contributed by atoms with Gasteiger partial charge >= 0.3 is 7.94 Å². The van der Waals surface area contributed by atoms with Gasteiger partial charge in [0, 0.05) is 6.61 Å². The van der Waals surface area contributed by atoms with Crippen LogP contribution in [-0.4, -0.2) is 35.3 Å². The molecule has 1 atom stereocenters. The van der Waals surface area contributed by atoms with E-state index in [0.717, 1.165) is 19.4 Å². The minimum atomic E-state index is -3.12. The maximum atomic E-state index is 9.34. The third kappa shape index (κ3) is 3.33. The molecule has 1 aliphatic rings. The molecule has 0 spiro atoms. The molecule has 0 amide bonds. The van der Waals surface area contributed by atoms with Crippen molar-refractivity contribution in [2.24, 2.45) is 0 Å². The average Bonchev–Trinajstić information content (AvgIpc) is 2.38. The van der Waals surface area contributed by atoms with Crippen LogP contribution in [-0.2, 0) is 9.26 Å². The molecule has 0 aromatic heterocycles. The fourth-order valence-corrected chi connectivity index (χ4v) is 2.65. The van der Waals surface area contributed by atoms with Crippen LogP contribution < -0.4 is 0 Å². The summed E-state index contributed by atoms with van der Waals surface area (Å²) in [6.45, 7) is 2.82. The molecule has 1 heterocycles. The lowest BCUT2D eigenvalue weighted by molar-refractivity contribution is 0.117. The second-order valence-electron chi connectivity index (χ2n) is 2.90. The summed E-state index contributed by atoms with van der Waals surface area (Å²) in [5, 5.41) is 0. The lowest BCUT2D eigenvalue weighted by atomic mass is 10.3. The molecule has 0 bridgehead atoms. The Morgan fingerprint density at radius 2 is 2.33 bits per heavy atom. The highest BCUT2D eigenvalue weighted by molar-refractivity contribution is 7.59. The predicted octanol–water partition coefficient (Wildman–Crippen LogP) is 0.949. The van der Waals surface area contributed by atoms with E-state index in [-0.39, 0.29) is 12.3 Å². The van der Waals surface area contributed by atoms with E-state index < -0.39 is 7.94 Å². The van der Waals surface area contributed by atoms with E-state index in [1.165, 1.54) is 0 Å². The summed E-state index contributed by atoms with van der Waals surface area (Å²) in [5.74, 6) is 0. The van der Waals surface area contributed by atoms with Crippen LogP contribution in [0.4, 0.5) is 0 Å². The van der Waals surface area contributed by atoms with E-state index in [4.69, 9.17) is 9.26 Å². The molecule has 2 N–H and O–H groups in total. The molecule has 1 unspecified atom stereocenters. The minimum absolute atomic E-state index is 0.0140. The molecular formula is C7H16O4P+. The fraction of sp³-hybridized carbons (Fsp3) is 1.00. The Labute approximate surface area is 73.1 Å². The Morgan fingerprint density at radius 3 is 2.83 bits per heavy atom. The van der Waals surface area contributed by atoms with Crippen LogP contribution in [0.5, 0.6) is 0 Å². The van der Waals surface area contributed by atoms with Gasteiger partial charge in [-0.15, -0.1) is 0 Å². The second kappa shape index (κ2) is 4.49. The third-order valence-corrected chi connectivity index (χ3v) is 3.36. The van der Waals surface area contributed by atoms with E-state index in [2.05, 4.69) is 0 Å². The Balaban J connectivity index is 2.27. The van der Waals surface area contributed by atoms with E-state index >= 15 is 0 Å². The van der Waals surface area contributed by atoms with Crippen LogP contribution in [0.25, 0.3) is 0 Å². The number of rotatable bonds is 4. The Kier molecular flexibility index (Phi) is 3.87. The van der Waals surface area contributed by atoms with E-state index in [0.29, 0.717) is 6.61 Å². The molecule has 0 radical (unpaired) electrons. The molecule has 4 nitrogen and oxygen atoms in total. The first-order chi connectivity index (χ1) is 5.64. The predicted molar refractivity (Wildman–Crippen MR) is 46.8 cm³/mol. The molecule has 12 heavy (non-hydrogen) atoms. The smallest absolute Gasteiger partial charge is 0.374 e. The molecule has 0 aliphatic carbocycles. The monoisotopic (exact) mass is 195 g/mol.